The Morgan fingerprint density at radius 1 is 1.19 bits per heavy atom. The van der Waals surface area contributed by atoms with Crippen LogP contribution in [0.3, 0.4) is 0 Å². The number of sulfonamides is 1. The molecular weight excluding hydrogens is 432 g/mol. The van der Waals surface area contributed by atoms with Crippen LogP contribution >= 0.6 is 0 Å². The third-order valence-electron chi connectivity index (χ3n) is 5.66. The predicted octanol–water partition coefficient (Wildman–Crippen LogP) is 3.03. The smallest absolute Gasteiger partial charge is 0.340 e. The van der Waals surface area contributed by atoms with Crippen molar-refractivity contribution in [3.8, 4) is 5.75 Å². The van der Waals surface area contributed by atoms with Gasteiger partial charge < -0.3 is 14.5 Å². The molecular formula is C23H24N2O6S. The molecule has 0 unspecified atom stereocenters. The minimum atomic E-state index is -3.82. The van der Waals surface area contributed by atoms with E-state index in [1.165, 1.54) is 24.3 Å². The predicted molar refractivity (Wildman–Crippen MR) is 120 cm³/mol. The molecule has 0 fully saturated rings. The monoisotopic (exact) mass is 456 g/mol. The summed E-state index contributed by atoms with van der Waals surface area (Å²) < 4.78 is 34.2. The summed E-state index contributed by atoms with van der Waals surface area (Å²) >= 11 is 0. The summed E-state index contributed by atoms with van der Waals surface area (Å²) in [5.41, 5.74) is 1.95. The molecule has 2 aromatic carbocycles. The number of aryl methyl sites for hydroxylation is 2. The van der Waals surface area contributed by atoms with Crippen LogP contribution in [0.2, 0.25) is 0 Å². The Hall–Kier alpha value is -3.17. The fourth-order valence-electron chi connectivity index (χ4n) is 3.83. The molecule has 0 aliphatic carbocycles. The van der Waals surface area contributed by atoms with Crippen molar-refractivity contribution in [1.29, 1.82) is 0 Å². The summed E-state index contributed by atoms with van der Waals surface area (Å²) in [7, 11) is -3.82. The average Bonchev–Trinajstić information content (AvgIpc) is 2.69. The van der Waals surface area contributed by atoms with Gasteiger partial charge in [0.2, 0.25) is 15.9 Å². The number of primary sulfonamides is 1. The molecule has 8 nitrogen and oxygen atoms in total. The molecule has 0 radical (unpaired) electrons. The number of benzene rings is 2. The lowest BCUT2D eigenvalue weighted by molar-refractivity contribution is -0.115. The molecule has 1 amide bonds. The van der Waals surface area contributed by atoms with Gasteiger partial charge in [0.15, 0.2) is 0 Å². The number of ether oxygens (including phenoxy) is 1. The van der Waals surface area contributed by atoms with Gasteiger partial charge in [-0.1, -0.05) is 0 Å². The first-order chi connectivity index (χ1) is 14.9. The quantitative estimate of drug-likeness (QED) is 0.581. The Morgan fingerprint density at radius 3 is 2.53 bits per heavy atom. The molecule has 32 heavy (non-hydrogen) atoms. The van der Waals surface area contributed by atoms with Crippen molar-refractivity contribution < 1.29 is 22.4 Å². The van der Waals surface area contributed by atoms with Crippen molar-refractivity contribution in [1.82, 2.24) is 0 Å². The first kappa shape index (κ1) is 22.0. The van der Waals surface area contributed by atoms with Crippen molar-refractivity contribution in [2.75, 3.05) is 5.32 Å². The number of fused-ring (bicyclic) bond motifs is 2. The van der Waals surface area contributed by atoms with Crippen LogP contribution in [-0.2, 0) is 27.7 Å². The van der Waals surface area contributed by atoms with E-state index in [0.717, 1.165) is 23.8 Å². The van der Waals surface area contributed by atoms with Gasteiger partial charge in [-0.15, -0.1) is 0 Å². The van der Waals surface area contributed by atoms with Gasteiger partial charge >= 0.3 is 5.63 Å². The normalized spacial score (nSPS) is 15.1. The van der Waals surface area contributed by atoms with E-state index in [1.807, 2.05) is 19.9 Å². The summed E-state index contributed by atoms with van der Waals surface area (Å²) in [6.07, 6.45) is 1.55. The fourth-order valence-corrected chi connectivity index (χ4v) is 4.35. The van der Waals surface area contributed by atoms with Crippen molar-refractivity contribution in [3.05, 3.63) is 63.5 Å². The van der Waals surface area contributed by atoms with Gasteiger partial charge in [0.25, 0.3) is 0 Å². The topological polar surface area (TPSA) is 129 Å². The van der Waals surface area contributed by atoms with Crippen molar-refractivity contribution >= 4 is 32.6 Å². The first-order valence-corrected chi connectivity index (χ1v) is 11.7. The van der Waals surface area contributed by atoms with E-state index in [4.69, 9.17) is 14.3 Å². The molecule has 0 spiro atoms. The van der Waals surface area contributed by atoms with Gasteiger partial charge in [0, 0.05) is 17.1 Å². The van der Waals surface area contributed by atoms with E-state index in [2.05, 4.69) is 5.32 Å². The number of carbonyl (C=O) groups is 1. The van der Waals surface area contributed by atoms with E-state index >= 15 is 0 Å². The maximum absolute atomic E-state index is 12.6. The maximum atomic E-state index is 12.6. The number of anilines is 1. The van der Waals surface area contributed by atoms with Gasteiger partial charge in [-0.2, -0.15) is 0 Å². The molecule has 2 heterocycles. The second kappa shape index (κ2) is 7.75. The van der Waals surface area contributed by atoms with E-state index < -0.39 is 21.6 Å². The molecule has 0 saturated carbocycles. The number of carbonyl (C=O) groups excluding carboxylic acids is 1. The fraction of sp³-hybridized carbons (Fsp3) is 0.304. The third-order valence-corrected chi connectivity index (χ3v) is 6.58. The second-order valence-electron chi connectivity index (χ2n) is 8.61. The summed E-state index contributed by atoms with van der Waals surface area (Å²) in [5.74, 6) is 0.288. The zero-order valence-corrected chi connectivity index (χ0v) is 18.8. The molecule has 168 valence electrons. The number of hydrogen-bond donors (Lipinski definition) is 2. The van der Waals surface area contributed by atoms with Gasteiger partial charge in [-0.25, -0.2) is 18.4 Å². The standard InChI is InChI=1S/C23H24N2O6S/c1-13-17-10-14-8-9-23(2,3)31-19(14)12-20(17)30-22(27)18(13)11-21(26)25-15-4-6-16(7-5-15)32(24,28)29/h4-7,10,12H,8-9,11H2,1-3H3,(H,25,26)(H2,24,28,29). The lowest BCUT2D eigenvalue weighted by atomic mass is 9.92. The molecule has 1 aromatic heterocycles. The van der Waals surface area contributed by atoms with Gasteiger partial charge in [0.1, 0.15) is 16.9 Å². The van der Waals surface area contributed by atoms with Crippen LogP contribution in [0.15, 0.2) is 50.5 Å². The Balaban J connectivity index is 1.60. The maximum Gasteiger partial charge on any atom is 0.340 e. The van der Waals surface area contributed by atoms with Crippen molar-refractivity contribution in [3.63, 3.8) is 0 Å². The molecule has 0 saturated heterocycles. The Bertz CT molecular complexity index is 1390. The van der Waals surface area contributed by atoms with Crippen molar-refractivity contribution in [2.45, 2.75) is 50.5 Å². The molecule has 9 heteroatoms. The average molecular weight is 457 g/mol. The molecule has 4 rings (SSSR count). The van der Waals surface area contributed by atoms with Gasteiger partial charge in [-0.3, -0.25) is 4.79 Å². The summed E-state index contributed by atoms with van der Waals surface area (Å²) in [4.78, 5) is 25.1. The van der Waals surface area contributed by atoms with Crippen LogP contribution in [-0.4, -0.2) is 19.9 Å². The zero-order valence-electron chi connectivity index (χ0n) is 18.0. The van der Waals surface area contributed by atoms with E-state index in [-0.39, 0.29) is 22.5 Å². The molecule has 0 atom stereocenters. The summed E-state index contributed by atoms with van der Waals surface area (Å²) in [5, 5.41) is 8.50. The molecule has 0 bridgehead atoms. The number of amides is 1. The Labute approximate surface area is 185 Å². The highest BCUT2D eigenvalue weighted by molar-refractivity contribution is 7.89. The zero-order chi connectivity index (χ0) is 23.3. The SMILES string of the molecule is Cc1c(CC(=O)Nc2ccc(S(N)(=O)=O)cc2)c(=O)oc2cc3c(cc12)CCC(C)(C)O3. The lowest BCUT2D eigenvalue weighted by Crippen LogP contribution is -2.32. The van der Waals surface area contributed by atoms with Crippen LogP contribution in [0.5, 0.6) is 5.75 Å². The molecule has 1 aliphatic heterocycles. The number of hydrogen-bond acceptors (Lipinski definition) is 6. The van der Waals surface area contributed by atoms with Crippen LogP contribution in [0.25, 0.3) is 11.0 Å². The number of nitrogens with one attached hydrogen (secondary N) is 1. The first-order valence-electron chi connectivity index (χ1n) is 10.1. The van der Waals surface area contributed by atoms with Crippen LogP contribution in [0.4, 0.5) is 5.69 Å². The number of nitrogens with two attached hydrogens (primary N) is 1. The van der Waals surface area contributed by atoms with Crippen LogP contribution in [0, 0.1) is 6.92 Å². The van der Waals surface area contributed by atoms with Crippen LogP contribution in [0.1, 0.15) is 37.0 Å². The molecule has 1 aliphatic rings. The van der Waals surface area contributed by atoms with Crippen LogP contribution < -0.4 is 20.8 Å². The summed E-state index contributed by atoms with van der Waals surface area (Å²) in [6.45, 7) is 5.83. The van der Waals surface area contributed by atoms with Crippen molar-refractivity contribution in [2.24, 2.45) is 5.14 Å². The number of rotatable bonds is 4. The van der Waals surface area contributed by atoms with Gasteiger partial charge in [-0.05, 0) is 75.1 Å². The summed E-state index contributed by atoms with van der Waals surface area (Å²) in [6, 6.07) is 9.17. The lowest BCUT2D eigenvalue weighted by Gasteiger charge is -2.32. The Kier molecular flexibility index (Phi) is 5.34. The third kappa shape index (κ3) is 4.39. The Morgan fingerprint density at radius 2 is 1.88 bits per heavy atom. The highest BCUT2D eigenvalue weighted by Crippen LogP contribution is 2.36. The highest BCUT2D eigenvalue weighted by atomic mass is 32.2. The van der Waals surface area contributed by atoms with E-state index in [0.29, 0.717) is 22.6 Å². The highest BCUT2D eigenvalue weighted by Gasteiger charge is 2.28. The molecule has 3 aromatic rings. The minimum absolute atomic E-state index is 0.0581. The van der Waals surface area contributed by atoms with E-state index in [1.54, 1.807) is 13.0 Å². The van der Waals surface area contributed by atoms with Gasteiger partial charge in [0.05, 0.1) is 16.9 Å². The molecule has 3 N–H and O–H groups in total. The minimum Gasteiger partial charge on any atom is -0.487 e. The second-order valence-corrected chi connectivity index (χ2v) is 10.2. The largest absolute Gasteiger partial charge is 0.487 e. The van der Waals surface area contributed by atoms with E-state index in [9.17, 15) is 18.0 Å².